The number of thiazole rings is 1. The molecule has 0 atom stereocenters. The van der Waals surface area contributed by atoms with Gasteiger partial charge in [-0.1, -0.05) is 12.8 Å². The lowest BCUT2D eigenvalue weighted by atomic mass is 10.0. The van der Waals surface area contributed by atoms with Crippen molar-refractivity contribution in [2.45, 2.75) is 44.9 Å². The molecule has 1 aromatic heterocycles. The second-order valence-electron chi connectivity index (χ2n) is 5.58. The van der Waals surface area contributed by atoms with E-state index < -0.39 is 0 Å². The third kappa shape index (κ3) is 2.30. The molecule has 0 aliphatic heterocycles. The minimum absolute atomic E-state index is 0.244. The van der Waals surface area contributed by atoms with E-state index in [2.05, 4.69) is 16.9 Å². The molecule has 0 saturated heterocycles. The molecule has 0 unspecified atom stereocenters. The predicted octanol–water partition coefficient (Wildman–Crippen LogP) is 3.29. The van der Waals surface area contributed by atoms with Crippen molar-refractivity contribution in [2.24, 2.45) is 5.92 Å². The summed E-state index contributed by atoms with van der Waals surface area (Å²) in [5.41, 5.74) is 0.763. The van der Waals surface area contributed by atoms with Gasteiger partial charge in [0, 0.05) is 24.9 Å². The lowest BCUT2D eigenvalue weighted by Crippen LogP contribution is -2.23. The largest absolute Gasteiger partial charge is 0.351 e. The molecule has 0 spiro atoms. The van der Waals surface area contributed by atoms with Crippen LogP contribution in [0.3, 0.4) is 0 Å². The zero-order chi connectivity index (χ0) is 12.5. The van der Waals surface area contributed by atoms with Crippen LogP contribution < -0.4 is 4.90 Å². The maximum Gasteiger partial charge on any atom is 0.185 e. The van der Waals surface area contributed by atoms with E-state index in [0.29, 0.717) is 6.42 Å². The third-order valence-corrected chi connectivity index (χ3v) is 5.32. The molecule has 2 aliphatic carbocycles. The van der Waals surface area contributed by atoms with Crippen molar-refractivity contribution in [3.63, 3.8) is 0 Å². The van der Waals surface area contributed by atoms with Gasteiger partial charge in [-0.05, 0) is 31.6 Å². The molecule has 0 N–H and O–H groups in total. The van der Waals surface area contributed by atoms with E-state index in [9.17, 15) is 4.79 Å². The summed E-state index contributed by atoms with van der Waals surface area (Å²) in [5.74, 6) is 1.07. The average molecular weight is 264 g/mol. The number of nitrogens with zero attached hydrogens (tertiary/aromatic N) is 2. The number of carbonyl (C=O) groups excluding carboxylic acids is 1. The molecule has 1 fully saturated rings. The molecule has 18 heavy (non-hydrogen) atoms. The standard InChI is InChI=1S/C14H20N2OS/c1-16(9-10-5-2-3-6-10)14-15-13-11(17)7-4-8-12(13)18-14/h10H,2-9H2,1H3. The lowest BCUT2D eigenvalue weighted by Gasteiger charge is -2.19. The summed E-state index contributed by atoms with van der Waals surface area (Å²) in [6.45, 7) is 1.10. The summed E-state index contributed by atoms with van der Waals surface area (Å²) in [7, 11) is 2.12. The fourth-order valence-electron chi connectivity index (χ4n) is 3.08. The van der Waals surface area contributed by atoms with E-state index in [0.717, 1.165) is 36.1 Å². The number of carbonyl (C=O) groups is 1. The number of rotatable bonds is 3. The van der Waals surface area contributed by atoms with Crippen LogP contribution in [-0.2, 0) is 6.42 Å². The normalized spacial score (nSPS) is 20.2. The summed E-state index contributed by atoms with van der Waals surface area (Å²) in [4.78, 5) is 19.8. The minimum Gasteiger partial charge on any atom is -0.351 e. The van der Waals surface area contributed by atoms with Gasteiger partial charge in [0.25, 0.3) is 0 Å². The number of Topliss-reactive ketones (excluding diaryl/α,β-unsaturated/α-hetero) is 1. The zero-order valence-electron chi connectivity index (χ0n) is 10.9. The molecule has 0 aromatic carbocycles. The first kappa shape index (κ1) is 12.2. The third-order valence-electron chi connectivity index (χ3n) is 4.09. The molecule has 0 amide bonds. The molecule has 1 aromatic rings. The van der Waals surface area contributed by atoms with Crippen LogP contribution in [0.2, 0.25) is 0 Å². The number of fused-ring (bicyclic) bond motifs is 1. The van der Waals surface area contributed by atoms with Crippen LogP contribution in [0.1, 0.15) is 53.9 Å². The number of aryl methyl sites for hydroxylation is 1. The average Bonchev–Trinajstić information content (AvgIpc) is 2.97. The second-order valence-corrected chi connectivity index (χ2v) is 6.64. The number of ketones is 1. The topological polar surface area (TPSA) is 33.2 Å². The fourth-order valence-corrected chi connectivity index (χ4v) is 4.17. The summed E-state index contributed by atoms with van der Waals surface area (Å²) < 4.78 is 0. The highest BCUT2D eigenvalue weighted by Gasteiger charge is 2.24. The Morgan fingerprint density at radius 2 is 2.06 bits per heavy atom. The van der Waals surface area contributed by atoms with Gasteiger partial charge in [0.2, 0.25) is 0 Å². The number of aromatic nitrogens is 1. The van der Waals surface area contributed by atoms with E-state index in [-0.39, 0.29) is 5.78 Å². The van der Waals surface area contributed by atoms with Crippen LogP contribution in [0.25, 0.3) is 0 Å². The molecular formula is C14H20N2OS. The summed E-state index contributed by atoms with van der Waals surface area (Å²) in [5, 5.41) is 1.04. The van der Waals surface area contributed by atoms with Gasteiger partial charge < -0.3 is 4.90 Å². The van der Waals surface area contributed by atoms with Gasteiger partial charge in [-0.2, -0.15) is 0 Å². The van der Waals surface area contributed by atoms with Gasteiger partial charge in [0.05, 0.1) is 0 Å². The van der Waals surface area contributed by atoms with Gasteiger partial charge >= 0.3 is 0 Å². The van der Waals surface area contributed by atoms with Crippen molar-refractivity contribution in [3.05, 3.63) is 10.6 Å². The van der Waals surface area contributed by atoms with Crippen molar-refractivity contribution in [1.29, 1.82) is 0 Å². The quantitative estimate of drug-likeness (QED) is 0.840. The van der Waals surface area contributed by atoms with Gasteiger partial charge in [0.1, 0.15) is 5.69 Å². The van der Waals surface area contributed by atoms with Crippen LogP contribution in [0, 0.1) is 5.92 Å². The number of hydrogen-bond donors (Lipinski definition) is 0. The van der Waals surface area contributed by atoms with Crippen molar-refractivity contribution in [2.75, 3.05) is 18.5 Å². The first-order chi connectivity index (χ1) is 8.74. The maximum absolute atomic E-state index is 11.8. The number of anilines is 1. The smallest absolute Gasteiger partial charge is 0.185 e. The van der Waals surface area contributed by atoms with Crippen LogP contribution in [0.4, 0.5) is 5.13 Å². The molecule has 3 nitrogen and oxygen atoms in total. The molecule has 2 aliphatic rings. The molecule has 0 radical (unpaired) electrons. The van der Waals surface area contributed by atoms with E-state index in [1.807, 2.05) is 0 Å². The maximum atomic E-state index is 11.8. The summed E-state index contributed by atoms with van der Waals surface area (Å²) >= 11 is 1.72. The Labute approximate surface area is 112 Å². The van der Waals surface area contributed by atoms with Crippen LogP contribution >= 0.6 is 11.3 Å². The minimum atomic E-state index is 0.244. The monoisotopic (exact) mass is 264 g/mol. The molecule has 3 rings (SSSR count). The van der Waals surface area contributed by atoms with Gasteiger partial charge in [0.15, 0.2) is 10.9 Å². The Hall–Kier alpha value is -0.900. The second kappa shape index (κ2) is 5.00. The van der Waals surface area contributed by atoms with E-state index in [1.165, 1.54) is 30.6 Å². The van der Waals surface area contributed by atoms with Crippen molar-refractivity contribution < 1.29 is 4.79 Å². The van der Waals surface area contributed by atoms with E-state index >= 15 is 0 Å². The summed E-state index contributed by atoms with van der Waals surface area (Å²) in [6, 6.07) is 0. The molecule has 4 heteroatoms. The Kier molecular flexibility index (Phi) is 3.37. The fraction of sp³-hybridized carbons (Fsp3) is 0.714. The van der Waals surface area contributed by atoms with Crippen LogP contribution in [0.5, 0.6) is 0 Å². The Morgan fingerprint density at radius 1 is 1.28 bits per heavy atom. The molecule has 98 valence electrons. The van der Waals surface area contributed by atoms with Crippen molar-refractivity contribution in [3.8, 4) is 0 Å². The highest BCUT2D eigenvalue weighted by Crippen LogP contribution is 2.33. The van der Waals surface area contributed by atoms with Gasteiger partial charge in [-0.3, -0.25) is 4.79 Å². The molecular weight excluding hydrogens is 244 g/mol. The Morgan fingerprint density at radius 3 is 2.78 bits per heavy atom. The Bertz CT molecular complexity index is 449. The summed E-state index contributed by atoms with van der Waals surface area (Å²) in [6.07, 6.45) is 8.19. The Balaban J connectivity index is 1.73. The first-order valence-electron chi connectivity index (χ1n) is 6.98. The van der Waals surface area contributed by atoms with Crippen LogP contribution in [0.15, 0.2) is 0 Å². The zero-order valence-corrected chi connectivity index (χ0v) is 11.8. The highest BCUT2D eigenvalue weighted by atomic mass is 32.1. The SMILES string of the molecule is CN(CC1CCCC1)c1nc2c(s1)CCCC2=O. The van der Waals surface area contributed by atoms with Gasteiger partial charge in [-0.25, -0.2) is 4.98 Å². The van der Waals surface area contributed by atoms with Crippen molar-refractivity contribution >= 4 is 22.3 Å². The molecule has 0 bridgehead atoms. The molecule has 1 heterocycles. The highest BCUT2D eigenvalue weighted by molar-refractivity contribution is 7.16. The van der Waals surface area contributed by atoms with Crippen molar-refractivity contribution in [1.82, 2.24) is 4.98 Å². The van der Waals surface area contributed by atoms with Crippen LogP contribution in [-0.4, -0.2) is 24.4 Å². The number of hydrogen-bond acceptors (Lipinski definition) is 4. The van der Waals surface area contributed by atoms with E-state index in [4.69, 9.17) is 0 Å². The predicted molar refractivity (Wildman–Crippen MR) is 74.6 cm³/mol. The lowest BCUT2D eigenvalue weighted by molar-refractivity contribution is 0.0968. The van der Waals surface area contributed by atoms with E-state index in [1.54, 1.807) is 11.3 Å². The first-order valence-corrected chi connectivity index (χ1v) is 7.79. The molecule has 1 saturated carbocycles. The van der Waals surface area contributed by atoms with Gasteiger partial charge in [-0.15, -0.1) is 11.3 Å².